The number of amides is 1. The second-order valence-electron chi connectivity index (χ2n) is 6.96. The molecule has 0 atom stereocenters. The molecule has 1 saturated carbocycles. The van der Waals surface area contributed by atoms with Gasteiger partial charge in [-0.25, -0.2) is 4.39 Å². The molecular formula is C21H20FN3O2S. The van der Waals surface area contributed by atoms with Gasteiger partial charge < -0.3 is 9.84 Å². The quantitative estimate of drug-likeness (QED) is 0.625. The first-order valence-electron chi connectivity index (χ1n) is 9.21. The largest absolute Gasteiger partial charge is 0.340 e. The first-order valence-corrected chi connectivity index (χ1v) is 10.0. The highest BCUT2D eigenvalue weighted by molar-refractivity contribution is 7.16. The highest BCUT2D eigenvalue weighted by Gasteiger charge is 2.40. The summed E-state index contributed by atoms with van der Waals surface area (Å²) in [5, 5.41) is 7.12. The molecule has 7 heteroatoms. The number of aryl methyl sites for hydroxylation is 1. The number of rotatable bonds is 5. The SMILES string of the molecule is Cc1nc(C2(NC(=O)/C=C/c3ccc(-c4ccc(F)cc4)s3)CCCC2)no1. The number of benzene rings is 1. The summed E-state index contributed by atoms with van der Waals surface area (Å²) in [6, 6.07) is 10.3. The number of hydrogen-bond acceptors (Lipinski definition) is 5. The second-order valence-corrected chi connectivity index (χ2v) is 8.07. The molecule has 1 aliphatic carbocycles. The van der Waals surface area contributed by atoms with E-state index in [1.165, 1.54) is 18.2 Å². The molecule has 1 aromatic carbocycles. The Bertz CT molecular complexity index is 1000. The Kier molecular flexibility index (Phi) is 5.09. The molecule has 0 aliphatic heterocycles. The number of aromatic nitrogens is 2. The topological polar surface area (TPSA) is 68.0 Å². The minimum atomic E-state index is -0.548. The van der Waals surface area contributed by atoms with Gasteiger partial charge in [-0.3, -0.25) is 4.79 Å². The Labute approximate surface area is 166 Å². The van der Waals surface area contributed by atoms with E-state index >= 15 is 0 Å². The van der Waals surface area contributed by atoms with E-state index in [1.54, 1.807) is 36.5 Å². The zero-order valence-electron chi connectivity index (χ0n) is 15.4. The van der Waals surface area contributed by atoms with Crippen LogP contribution in [0.4, 0.5) is 4.39 Å². The minimum Gasteiger partial charge on any atom is -0.340 e. The third-order valence-electron chi connectivity index (χ3n) is 4.93. The predicted octanol–water partition coefficient (Wildman–Crippen LogP) is 4.84. The molecule has 2 aromatic heterocycles. The maximum Gasteiger partial charge on any atom is 0.244 e. The van der Waals surface area contributed by atoms with Crippen molar-refractivity contribution in [3.05, 3.63) is 64.9 Å². The van der Waals surface area contributed by atoms with Gasteiger partial charge in [0.25, 0.3) is 0 Å². The average molecular weight is 397 g/mol. The number of nitrogens with one attached hydrogen (secondary N) is 1. The van der Waals surface area contributed by atoms with Gasteiger partial charge in [0.1, 0.15) is 11.4 Å². The van der Waals surface area contributed by atoms with Gasteiger partial charge in [-0.05, 0) is 48.7 Å². The van der Waals surface area contributed by atoms with Gasteiger partial charge in [-0.2, -0.15) is 4.98 Å². The molecular weight excluding hydrogens is 377 g/mol. The maximum atomic E-state index is 13.1. The Morgan fingerprint density at radius 3 is 2.64 bits per heavy atom. The summed E-state index contributed by atoms with van der Waals surface area (Å²) in [5.74, 6) is 0.618. The number of hydrogen-bond donors (Lipinski definition) is 1. The Hall–Kier alpha value is -2.80. The van der Waals surface area contributed by atoms with Crippen LogP contribution >= 0.6 is 11.3 Å². The standard InChI is InChI=1S/C21H20FN3O2S/c1-14-23-20(25-27-14)21(12-2-3-13-21)24-19(26)11-9-17-8-10-18(28-17)15-4-6-16(22)7-5-15/h4-11H,2-3,12-13H2,1H3,(H,24,26)/b11-9+. The molecule has 144 valence electrons. The van der Waals surface area contributed by atoms with Crippen LogP contribution in [0, 0.1) is 12.7 Å². The van der Waals surface area contributed by atoms with Crippen molar-refractivity contribution in [2.45, 2.75) is 38.1 Å². The van der Waals surface area contributed by atoms with Crippen molar-refractivity contribution in [3.8, 4) is 10.4 Å². The van der Waals surface area contributed by atoms with E-state index in [9.17, 15) is 9.18 Å². The van der Waals surface area contributed by atoms with Crippen LogP contribution in [0.1, 0.15) is 42.3 Å². The van der Waals surface area contributed by atoms with Gasteiger partial charge in [-0.15, -0.1) is 11.3 Å². The second kappa shape index (κ2) is 7.67. The number of thiophene rings is 1. The van der Waals surface area contributed by atoms with Crippen LogP contribution in [0.25, 0.3) is 16.5 Å². The summed E-state index contributed by atoms with van der Waals surface area (Å²) < 4.78 is 18.2. The first-order chi connectivity index (χ1) is 13.5. The Morgan fingerprint density at radius 2 is 1.96 bits per heavy atom. The molecule has 4 rings (SSSR count). The van der Waals surface area contributed by atoms with Crippen LogP contribution in [0.3, 0.4) is 0 Å². The van der Waals surface area contributed by atoms with E-state index in [1.807, 2.05) is 12.1 Å². The lowest BCUT2D eigenvalue weighted by Crippen LogP contribution is -2.44. The lowest BCUT2D eigenvalue weighted by atomic mass is 9.96. The number of carbonyl (C=O) groups is 1. The summed E-state index contributed by atoms with van der Waals surface area (Å²) in [6.07, 6.45) is 6.97. The Morgan fingerprint density at radius 1 is 1.21 bits per heavy atom. The lowest BCUT2D eigenvalue weighted by molar-refractivity contribution is -0.118. The summed E-state index contributed by atoms with van der Waals surface area (Å²) >= 11 is 1.55. The number of nitrogens with zero attached hydrogens (tertiary/aromatic N) is 2. The maximum absolute atomic E-state index is 13.1. The molecule has 1 amide bonds. The van der Waals surface area contributed by atoms with Crippen LogP contribution in [-0.2, 0) is 10.3 Å². The van der Waals surface area contributed by atoms with Crippen molar-refractivity contribution < 1.29 is 13.7 Å². The third-order valence-corrected chi connectivity index (χ3v) is 6.03. The first kappa shape index (κ1) is 18.6. The molecule has 0 saturated heterocycles. The van der Waals surface area contributed by atoms with Gasteiger partial charge >= 0.3 is 0 Å². The van der Waals surface area contributed by atoms with Crippen LogP contribution in [0.5, 0.6) is 0 Å². The Balaban J connectivity index is 1.46. The number of halogens is 1. The molecule has 2 heterocycles. The van der Waals surface area contributed by atoms with E-state index in [0.29, 0.717) is 11.7 Å². The molecule has 3 aromatic rings. The van der Waals surface area contributed by atoms with Crippen molar-refractivity contribution in [1.29, 1.82) is 0 Å². The predicted molar refractivity (Wildman–Crippen MR) is 106 cm³/mol. The van der Waals surface area contributed by atoms with Gasteiger partial charge in [0.15, 0.2) is 5.82 Å². The number of carbonyl (C=O) groups excluding carboxylic acids is 1. The summed E-state index contributed by atoms with van der Waals surface area (Å²) in [7, 11) is 0. The van der Waals surface area contributed by atoms with Crippen LogP contribution in [0.2, 0.25) is 0 Å². The molecule has 0 radical (unpaired) electrons. The van der Waals surface area contributed by atoms with E-state index in [0.717, 1.165) is 41.0 Å². The van der Waals surface area contributed by atoms with Crippen molar-refractivity contribution in [1.82, 2.24) is 15.5 Å². The van der Waals surface area contributed by atoms with E-state index < -0.39 is 5.54 Å². The average Bonchev–Trinajstić information content (AvgIpc) is 3.42. The smallest absolute Gasteiger partial charge is 0.244 e. The molecule has 1 aliphatic rings. The lowest BCUT2D eigenvalue weighted by Gasteiger charge is -2.25. The highest BCUT2D eigenvalue weighted by atomic mass is 32.1. The summed E-state index contributed by atoms with van der Waals surface area (Å²) in [6.45, 7) is 1.75. The van der Waals surface area contributed by atoms with Gasteiger partial charge in [0.2, 0.25) is 11.8 Å². The van der Waals surface area contributed by atoms with Gasteiger partial charge in [-0.1, -0.05) is 30.1 Å². The van der Waals surface area contributed by atoms with Crippen molar-refractivity contribution in [2.75, 3.05) is 0 Å². The highest BCUT2D eigenvalue weighted by Crippen LogP contribution is 2.37. The summed E-state index contributed by atoms with van der Waals surface area (Å²) in [4.78, 5) is 18.9. The molecule has 1 N–H and O–H groups in total. The fraction of sp³-hybridized carbons (Fsp3) is 0.286. The monoisotopic (exact) mass is 397 g/mol. The van der Waals surface area contributed by atoms with Crippen molar-refractivity contribution in [3.63, 3.8) is 0 Å². The fourth-order valence-corrected chi connectivity index (χ4v) is 4.44. The van der Waals surface area contributed by atoms with Crippen LogP contribution < -0.4 is 5.32 Å². The van der Waals surface area contributed by atoms with E-state index in [-0.39, 0.29) is 11.7 Å². The normalized spacial score (nSPS) is 15.9. The van der Waals surface area contributed by atoms with Crippen molar-refractivity contribution in [2.24, 2.45) is 0 Å². The van der Waals surface area contributed by atoms with Crippen molar-refractivity contribution >= 4 is 23.3 Å². The molecule has 28 heavy (non-hydrogen) atoms. The van der Waals surface area contributed by atoms with Gasteiger partial charge in [0.05, 0.1) is 0 Å². The molecule has 0 unspecified atom stereocenters. The van der Waals surface area contributed by atoms with Gasteiger partial charge in [0, 0.05) is 22.8 Å². The molecule has 5 nitrogen and oxygen atoms in total. The van der Waals surface area contributed by atoms with Crippen LogP contribution in [-0.4, -0.2) is 16.0 Å². The zero-order chi connectivity index (χ0) is 19.6. The van der Waals surface area contributed by atoms with E-state index in [4.69, 9.17) is 4.52 Å². The van der Waals surface area contributed by atoms with E-state index in [2.05, 4.69) is 15.5 Å². The third kappa shape index (κ3) is 3.89. The molecule has 1 fully saturated rings. The fourth-order valence-electron chi connectivity index (χ4n) is 3.52. The minimum absolute atomic E-state index is 0.180. The molecule has 0 spiro atoms. The summed E-state index contributed by atoms with van der Waals surface area (Å²) in [5.41, 5.74) is 0.404. The molecule has 0 bridgehead atoms. The van der Waals surface area contributed by atoms with Crippen LogP contribution in [0.15, 0.2) is 47.0 Å². The zero-order valence-corrected chi connectivity index (χ0v) is 16.3.